The largest absolute Gasteiger partial charge is 0.369 e. The van der Waals surface area contributed by atoms with Gasteiger partial charge >= 0.3 is 0 Å². The van der Waals surface area contributed by atoms with Crippen molar-refractivity contribution < 1.29 is 4.79 Å². The summed E-state index contributed by atoms with van der Waals surface area (Å²) in [6.07, 6.45) is 8.22. The van der Waals surface area contributed by atoms with Crippen LogP contribution in [0.2, 0.25) is 0 Å². The molecule has 2 N–H and O–H groups in total. The number of hydrogen-bond donors (Lipinski definition) is 2. The Hall–Kier alpha value is -2.74. The molecule has 1 aliphatic heterocycles. The smallest absolute Gasteiger partial charge is 0.271 e. The van der Waals surface area contributed by atoms with Gasteiger partial charge in [-0.1, -0.05) is 6.92 Å². The molecule has 2 aromatic rings. The lowest BCUT2D eigenvalue weighted by Gasteiger charge is -2.40. The van der Waals surface area contributed by atoms with Crippen LogP contribution < -0.4 is 20.7 Å². The number of nitrogens with zero attached hydrogens (tertiary/aromatic N) is 4. The normalized spacial score (nSPS) is 24.8. The molecule has 0 radical (unpaired) electrons. The molecule has 214 valence electrons. The number of nitrogens with one attached hydrogen (secondary N) is 2. The number of benzene rings is 1. The SMILES string of the molecule is CCN(c1cc(C2CC2C)cc(C(=O)NCc2c(N3CCCC3)n(C)[nH]c2=O)c1C)C1CCC(N(C)C)CC1. The van der Waals surface area contributed by atoms with Gasteiger partial charge in [0.15, 0.2) is 0 Å². The van der Waals surface area contributed by atoms with E-state index in [0.717, 1.165) is 49.4 Å². The van der Waals surface area contributed by atoms with Crippen LogP contribution in [-0.4, -0.2) is 66.4 Å². The van der Waals surface area contributed by atoms with Crippen LogP contribution in [0.3, 0.4) is 0 Å². The molecule has 1 amide bonds. The molecular formula is C31H48N6O2. The lowest BCUT2D eigenvalue weighted by atomic mass is 9.88. The van der Waals surface area contributed by atoms with Gasteiger partial charge in [-0.2, -0.15) is 0 Å². The van der Waals surface area contributed by atoms with E-state index in [4.69, 9.17) is 0 Å². The van der Waals surface area contributed by atoms with Crippen LogP contribution in [0.25, 0.3) is 0 Å². The monoisotopic (exact) mass is 536 g/mol. The number of hydrogen-bond acceptors (Lipinski definition) is 5. The zero-order valence-corrected chi connectivity index (χ0v) is 24.8. The van der Waals surface area contributed by atoms with Gasteiger partial charge in [0, 0.05) is 50.0 Å². The van der Waals surface area contributed by atoms with E-state index in [1.54, 1.807) is 4.68 Å². The van der Waals surface area contributed by atoms with Gasteiger partial charge < -0.3 is 20.0 Å². The Bertz CT molecular complexity index is 1230. The van der Waals surface area contributed by atoms with Crippen molar-refractivity contribution in [2.24, 2.45) is 13.0 Å². The zero-order chi connectivity index (χ0) is 27.8. The maximum absolute atomic E-state index is 13.8. The van der Waals surface area contributed by atoms with Crippen molar-refractivity contribution in [3.8, 4) is 0 Å². The van der Waals surface area contributed by atoms with Gasteiger partial charge in [-0.05, 0) is 108 Å². The fourth-order valence-electron chi connectivity index (χ4n) is 7.10. The quantitative estimate of drug-likeness (QED) is 0.498. The van der Waals surface area contributed by atoms with Crippen LogP contribution in [0.5, 0.6) is 0 Å². The standard InChI is InChI=1S/C31H48N6O2/c1-7-37(24-12-10-23(11-13-24)34(4)5)28-18-22(25-16-20(25)2)17-26(21(28)3)29(38)32-19-27-30(39)33-35(6)31(27)36-14-8-9-15-36/h17-18,20,23-25H,7-16,19H2,1-6H3,(H,32,38)(H,33,39). The summed E-state index contributed by atoms with van der Waals surface area (Å²) >= 11 is 0. The lowest BCUT2D eigenvalue weighted by molar-refractivity contribution is 0.0950. The number of aromatic amines is 1. The van der Waals surface area contributed by atoms with Crippen molar-refractivity contribution in [1.82, 2.24) is 20.0 Å². The van der Waals surface area contributed by atoms with Crippen LogP contribution >= 0.6 is 0 Å². The second-order valence-corrected chi connectivity index (χ2v) is 12.4. The minimum atomic E-state index is -0.122. The first-order valence-corrected chi connectivity index (χ1v) is 15.1. The predicted octanol–water partition coefficient (Wildman–Crippen LogP) is 4.37. The van der Waals surface area contributed by atoms with Crippen LogP contribution in [-0.2, 0) is 13.6 Å². The topological polar surface area (TPSA) is 76.6 Å². The van der Waals surface area contributed by atoms with Crippen molar-refractivity contribution in [2.45, 2.75) is 90.3 Å². The lowest BCUT2D eigenvalue weighted by Crippen LogP contribution is -2.42. The number of anilines is 2. The van der Waals surface area contributed by atoms with Crippen molar-refractivity contribution in [1.29, 1.82) is 0 Å². The Balaban J connectivity index is 1.40. The summed E-state index contributed by atoms with van der Waals surface area (Å²) in [6.45, 7) is 9.69. The average molecular weight is 537 g/mol. The van der Waals surface area contributed by atoms with Crippen molar-refractivity contribution >= 4 is 17.4 Å². The minimum Gasteiger partial charge on any atom is -0.369 e. The zero-order valence-electron chi connectivity index (χ0n) is 24.8. The molecule has 2 atom stereocenters. The third-order valence-electron chi connectivity index (χ3n) is 9.63. The average Bonchev–Trinajstić information content (AvgIpc) is 3.28. The molecule has 1 aromatic carbocycles. The van der Waals surface area contributed by atoms with Gasteiger partial charge in [0.05, 0.1) is 12.1 Å². The van der Waals surface area contributed by atoms with Gasteiger partial charge in [0.25, 0.3) is 11.5 Å². The molecule has 3 fully saturated rings. The molecule has 1 saturated heterocycles. The molecule has 2 heterocycles. The maximum atomic E-state index is 13.8. The van der Waals surface area contributed by atoms with Crippen LogP contribution in [0.15, 0.2) is 16.9 Å². The van der Waals surface area contributed by atoms with Crippen molar-refractivity contribution in [3.05, 3.63) is 44.7 Å². The fourth-order valence-corrected chi connectivity index (χ4v) is 7.10. The highest BCUT2D eigenvalue weighted by molar-refractivity contribution is 5.97. The van der Waals surface area contributed by atoms with Gasteiger partial charge in [0.1, 0.15) is 5.82 Å². The van der Waals surface area contributed by atoms with Gasteiger partial charge in [-0.25, -0.2) is 0 Å². The Morgan fingerprint density at radius 3 is 2.33 bits per heavy atom. The first kappa shape index (κ1) is 27.8. The summed E-state index contributed by atoms with van der Waals surface area (Å²) in [5, 5.41) is 6.03. The Kier molecular flexibility index (Phi) is 8.13. The Morgan fingerprint density at radius 1 is 1.10 bits per heavy atom. The molecule has 39 heavy (non-hydrogen) atoms. The number of rotatable bonds is 9. The second-order valence-electron chi connectivity index (χ2n) is 12.4. The van der Waals surface area contributed by atoms with Gasteiger partial charge in [0.2, 0.25) is 0 Å². The van der Waals surface area contributed by atoms with E-state index in [-0.39, 0.29) is 18.0 Å². The summed E-state index contributed by atoms with van der Waals surface area (Å²) in [5.41, 5.74) is 4.81. The van der Waals surface area contributed by atoms with Crippen LogP contribution in [0.1, 0.15) is 91.8 Å². The highest BCUT2D eigenvalue weighted by Crippen LogP contribution is 2.48. The second kappa shape index (κ2) is 11.4. The van der Waals surface area contributed by atoms with Crippen molar-refractivity contribution in [2.75, 3.05) is 43.5 Å². The molecule has 1 aromatic heterocycles. The first-order valence-electron chi connectivity index (χ1n) is 15.1. The van der Waals surface area contributed by atoms with E-state index in [9.17, 15) is 9.59 Å². The minimum absolute atomic E-state index is 0.0908. The molecule has 2 saturated carbocycles. The number of carbonyl (C=O) groups is 1. The van der Waals surface area contributed by atoms with Gasteiger partial charge in [-0.3, -0.25) is 19.4 Å². The molecule has 5 rings (SSSR count). The summed E-state index contributed by atoms with van der Waals surface area (Å²) in [6, 6.07) is 5.65. The van der Waals surface area contributed by atoms with Crippen molar-refractivity contribution in [3.63, 3.8) is 0 Å². The van der Waals surface area contributed by atoms with Crippen LogP contribution in [0.4, 0.5) is 11.5 Å². The number of carbonyl (C=O) groups excluding carboxylic acids is 1. The number of H-pyrrole nitrogens is 1. The fraction of sp³-hybridized carbons (Fsp3) is 0.677. The Morgan fingerprint density at radius 2 is 1.74 bits per heavy atom. The summed E-state index contributed by atoms with van der Waals surface area (Å²) in [7, 11) is 6.26. The van der Waals surface area contributed by atoms with E-state index < -0.39 is 0 Å². The number of aryl methyl sites for hydroxylation is 1. The Labute approximate surface area is 233 Å². The van der Waals surface area contributed by atoms with E-state index in [0.29, 0.717) is 29.5 Å². The summed E-state index contributed by atoms with van der Waals surface area (Å²) < 4.78 is 1.80. The third kappa shape index (κ3) is 5.63. The summed E-state index contributed by atoms with van der Waals surface area (Å²) in [4.78, 5) is 33.7. The highest BCUT2D eigenvalue weighted by atomic mass is 16.2. The van der Waals surface area contributed by atoms with Gasteiger partial charge in [-0.15, -0.1) is 0 Å². The molecule has 0 bridgehead atoms. The van der Waals surface area contributed by atoms with E-state index in [2.05, 4.69) is 72.1 Å². The molecule has 2 unspecified atom stereocenters. The molecule has 8 nitrogen and oxygen atoms in total. The molecule has 3 aliphatic rings. The molecule has 8 heteroatoms. The highest BCUT2D eigenvalue weighted by Gasteiger charge is 2.36. The van der Waals surface area contributed by atoms with E-state index >= 15 is 0 Å². The maximum Gasteiger partial charge on any atom is 0.271 e. The van der Waals surface area contributed by atoms with E-state index in [1.165, 1.54) is 43.4 Å². The summed E-state index contributed by atoms with van der Waals surface area (Å²) in [5.74, 6) is 2.00. The number of aromatic nitrogens is 2. The molecule has 2 aliphatic carbocycles. The first-order chi connectivity index (χ1) is 18.7. The van der Waals surface area contributed by atoms with Crippen LogP contribution in [0, 0.1) is 12.8 Å². The predicted molar refractivity (Wildman–Crippen MR) is 159 cm³/mol. The third-order valence-corrected chi connectivity index (χ3v) is 9.63. The molecule has 0 spiro atoms. The molecular weight excluding hydrogens is 488 g/mol. The van der Waals surface area contributed by atoms with E-state index in [1.807, 2.05) is 7.05 Å². The number of amides is 1.